The van der Waals surface area contributed by atoms with Gasteiger partial charge in [0.15, 0.2) is 0 Å². The summed E-state index contributed by atoms with van der Waals surface area (Å²) in [5.74, 6) is 0.796. The molecule has 3 heterocycles. The van der Waals surface area contributed by atoms with E-state index in [4.69, 9.17) is 0 Å². The molecule has 0 aliphatic carbocycles. The molecule has 2 atom stereocenters. The van der Waals surface area contributed by atoms with Gasteiger partial charge in [0.25, 0.3) is 0 Å². The standard InChI is InChI=1S/C14H20N4/c1-11-5-3-6-12(2)18(11)10-13-9-17-8-4-7-15-14(17)16-13/h4,7-9,11-12H,3,5-6,10H2,1-2H3. The van der Waals surface area contributed by atoms with Crippen molar-refractivity contribution in [3.63, 3.8) is 0 Å². The average Bonchev–Trinajstić information content (AvgIpc) is 2.76. The molecule has 1 aliphatic rings. The van der Waals surface area contributed by atoms with Crippen LogP contribution in [0, 0.1) is 0 Å². The number of nitrogens with zero attached hydrogens (tertiary/aromatic N) is 4. The monoisotopic (exact) mass is 244 g/mol. The molecule has 4 heteroatoms. The summed E-state index contributed by atoms with van der Waals surface area (Å²) < 4.78 is 1.99. The van der Waals surface area contributed by atoms with Crippen molar-refractivity contribution in [1.29, 1.82) is 0 Å². The molecule has 18 heavy (non-hydrogen) atoms. The van der Waals surface area contributed by atoms with Gasteiger partial charge in [0.05, 0.1) is 5.69 Å². The van der Waals surface area contributed by atoms with Gasteiger partial charge in [-0.15, -0.1) is 0 Å². The molecule has 3 rings (SSSR count). The molecule has 0 aromatic carbocycles. The van der Waals surface area contributed by atoms with Crippen molar-refractivity contribution < 1.29 is 0 Å². The summed E-state index contributed by atoms with van der Waals surface area (Å²) >= 11 is 0. The van der Waals surface area contributed by atoms with Crippen LogP contribution in [-0.2, 0) is 6.54 Å². The van der Waals surface area contributed by atoms with Crippen molar-refractivity contribution in [3.8, 4) is 0 Å². The lowest BCUT2D eigenvalue weighted by molar-refractivity contribution is 0.0940. The number of hydrogen-bond donors (Lipinski definition) is 0. The molecule has 4 nitrogen and oxygen atoms in total. The Morgan fingerprint density at radius 3 is 2.78 bits per heavy atom. The van der Waals surface area contributed by atoms with Crippen molar-refractivity contribution in [2.75, 3.05) is 0 Å². The van der Waals surface area contributed by atoms with E-state index in [1.807, 2.05) is 16.7 Å². The van der Waals surface area contributed by atoms with Crippen LogP contribution in [0.3, 0.4) is 0 Å². The molecule has 1 fully saturated rings. The maximum absolute atomic E-state index is 4.59. The van der Waals surface area contributed by atoms with Crippen LogP contribution in [0.25, 0.3) is 5.78 Å². The molecule has 2 aromatic heterocycles. The molecule has 0 spiro atoms. The van der Waals surface area contributed by atoms with E-state index in [0.717, 1.165) is 18.0 Å². The first-order valence-electron chi connectivity index (χ1n) is 6.78. The van der Waals surface area contributed by atoms with Crippen LogP contribution in [0.2, 0.25) is 0 Å². The Morgan fingerprint density at radius 2 is 2.06 bits per heavy atom. The van der Waals surface area contributed by atoms with Crippen molar-refractivity contribution in [2.24, 2.45) is 0 Å². The Labute approximate surface area is 108 Å². The molecule has 0 saturated carbocycles. The highest BCUT2D eigenvalue weighted by Crippen LogP contribution is 2.24. The second-order valence-electron chi connectivity index (χ2n) is 5.36. The van der Waals surface area contributed by atoms with E-state index < -0.39 is 0 Å². The molecule has 1 aliphatic heterocycles. The zero-order chi connectivity index (χ0) is 12.5. The normalized spacial score (nSPS) is 25.7. The molecule has 0 radical (unpaired) electrons. The Hall–Kier alpha value is -1.42. The van der Waals surface area contributed by atoms with Gasteiger partial charge in [0.2, 0.25) is 5.78 Å². The minimum atomic E-state index is 0.659. The zero-order valence-electron chi connectivity index (χ0n) is 11.1. The number of imidazole rings is 1. The van der Waals surface area contributed by atoms with Crippen LogP contribution in [0.5, 0.6) is 0 Å². The second kappa shape index (κ2) is 4.69. The van der Waals surface area contributed by atoms with Crippen molar-refractivity contribution in [2.45, 2.75) is 51.7 Å². The van der Waals surface area contributed by atoms with E-state index >= 15 is 0 Å². The summed E-state index contributed by atoms with van der Waals surface area (Å²) in [7, 11) is 0. The minimum absolute atomic E-state index is 0.659. The Balaban J connectivity index is 1.82. The summed E-state index contributed by atoms with van der Waals surface area (Å²) in [5, 5.41) is 0. The first kappa shape index (κ1) is 11.7. The SMILES string of the molecule is CC1CCCC(C)N1Cc1cn2cccnc2n1. The number of likely N-dealkylation sites (tertiary alicyclic amines) is 1. The van der Waals surface area contributed by atoms with Crippen LogP contribution < -0.4 is 0 Å². The zero-order valence-corrected chi connectivity index (χ0v) is 11.1. The fourth-order valence-corrected chi connectivity index (χ4v) is 2.93. The number of aromatic nitrogens is 3. The quantitative estimate of drug-likeness (QED) is 0.814. The highest BCUT2D eigenvalue weighted by molar-refractivity contribution is 5.29. The molecule has 96 valence electrons. The molecule has 0 amide bonds. The van der Waals surface area contributed by atoms with Gasteiger partial charge >= 0.3 is 0 Å². The lowest BCUT2D eigenvalue weighted by Crippen LogP contribution is -2.43. The average molecular weight is 244 g/mol. The predicted molar refractivity (Wildman–Crippen MR) is 71.3 cm³/mol. The van der Waals surface area contributed by atoms with Gasteiger partial charge in [-0.25, -0.2) is 9.97 Å². The number of hydrogen-bond acceptors (Lipinski definition) is 3. The fraction of sp³-hybridized carbons (Fsp3) is 0.571. The van der Waals surface area contributed by atoms with Crippen LogP contribution in [0.4, 0.5) is 0 Å². The smallest absolute Gasteiger partial charge is 0.233 e. The number of fused-ring (bicyclic) bond motifs is 1. The Kier molecular flexibility index (Phi) is 3.04. The van der Waals surface area contributed by atoms with E-state index in [-0.39, 0.29) is 0 Å². The van der Waals surface area contributed by atoms with Crippen LogP contribution in [0.1, 0.15) is 38.8 Å². The summed E-state index contributed by atoms with van der Waals surface area (Å²) in [4.78, 5) is 11.4. The predicted octanol–water partition coefficient (Wildman–Crippen LogP) is 2.49. The largest absolute Gasteiger partial charge is 0.292 e. The van der Waals surface area contributed by atoms with Gasteiger partial charge in [-0.2, -0.15) is 0 Å². The van der Waals surface area contributed by atoms with Gasteiger partial charge in [-0.3, -0.25) is 9.30 Å². The van der Waals surface area contributed by atoms with Gasteiger partial charge in [0.1, 0.15) is 0 Å². The minimum Gasteiger partial charge on any atom is -0.292 e. The van der Waals surface area contributed by atoms with Crippen molar-refractivity contribution >= 4 is 5.78 Å². The third-order valence-corrected chi connectivity index (χ3v) is 4.01. The van der Waals surface area contributed by atoms with Gasteiger partial charge in [-0.05, 0) is 32.8 Å². The van der Waals surface area contributed by atoms with Crippen LogP contribution >= 0.6 is 0 Å². The molecule has 2 aromatic rings. The van der Waals surface area contributed by atoms with Crippen LogP contribution in [0.15, 0.2) is 24.7 Å². The van der Waals surface area contributed by atoms with E-state index in [1.54, 1.807) is 6.20 Å². The second-order valence-corrected chi connectivity index (χ2v) is 5.36. The highest BCUT2D eigenvalue weighted by atomic mass is 15.2. The fourth-order valence-electron chi connectivity index (χ4n) is 2.93. The topological polar surface area (TPSA) is 33.4 Å². The Bertz CT molecular complexity index is 490. The van der Waals surface area contributed by atoms with E-state index in [2.05, 4.69) is 34.9 Å². The first-order valence-corrected chi connectivity index (χ1v) is 6.78. The van der Waals surface area contributed by atoms with Gasteiger partial charge < -0.3 is 0 Å². The summed E-state index contributed by atoms with van der Waals surface area (Å²) in [5.41, 5.74) is 1.12. The van der Waals surface area contributed by atoms with Gasteiger partial charge in [-0.1, -0.05) is 6.42 Å². The maximum Gasteiger partial charge on any atom is 0.233 e. The molecular weight excluding hydrogens is 224 g/mol. The Morgan fingerprint density at radius 1 is 1.28 bits per heavy atom. The van der Waals surface area contributed by atoms with E-state index in [9.17, 15) is 0 Å². The van der Waals surface area contributed by atoms with E-state index in [0.29, 0.717) is 12.1 Å². The number of rotatable bonds is 2. The lowest BCUT2D eigenvalue weighted by Gasteiger charge is -2.38. The number of piperidine rings is 1. The summed E-state index contributed by atoms with van der Waals surface area (Å²) in [6.07, 6.45) is 9.84. The molecule has 2 unspecified atom stereocenters. The van der Waals surface area contributed by atoms with Crippen molar-refractivity contribution in [3.05, 3.63) is 30.4 Å². The lowest BCUT2D eigenvalue weighted by atomic mass is 9.97. The summed E-state index contributed by atoms with van der Waals surface area (Å²) in [6, 6.07) is 3.25. The molecule has 0 bridgehead atoms. The third-order valence-electron chi connectivity index (χ3n) is 4.01. The first-order chi connectivity index (χ1) is 8.74. The third kappa shape index (κ3) is 2.12. The molecular formula is C14H20N4. The maximum atomic E-state index is 4.59. The van der Waals surface area contributed by atoms with Crippen molar-refractivity contribution in [1.82, 2.24) is 19.3 Å². The molecule has 1 saturated heterocycles. The van der Waals surface area contributed by atoms with Gasteiger partial charge in [0, 0.05) is 37.2 Å². The highest BCUT2D eigenvalue weighted by Gasteiger charge is 2.25. The van der Waals surface area contributed by atoms with Crippen LogP contribution in [-0.4, -0.2) is 31.4 Å². The molecule has 0 N–H and O–H groups in total. The van der Waals surface area contributed by atoms with E-state index in [1.165, 1.54) is 19.3 Å². The summed E-state index contributed by atoms with van der Waals surface area (Å²) in [6.45, 7) is 5.58.